The smallest absolute Gasteiger partial charge is 0.303 e. The summed E-state index contributed by atoms with van der Waals surface area (Å²) in [5, 5.41) is 14.3. The second kappa shape index (κ2) is 16.3. The van der Waals surface area contributed by atoms with Gasteiger partial charge in [-0.25, -0.2) is 0 Å². The summed E-state index contributed by atoms with van der Waals surface area (Å²) in [5.41, 5.74) is 3.29. The highest BCUT2D eigenvalue weighted by molar-refractivity contribution is 6.02. The van der Waals surface area contributed by atoms with Crippen molar-refractivity contribution in [3.8, 4) is 0 Å². The first-order valence-corrected chi connectivity index (χ1v) is 14.2. The van der Waals surface area contributed by atoms with Gasteiger partial charge in [0.15, 0.2) is 0 Å². The maximum atomic E-state index is 12.7. The molecule has 1 fully saturated rings. The summed E-state index contributed by atoms with van der Waals surface area (Å²) in [4.78, 5) is 40.1. The fourth-order valence-corrected chi connectivity index (χ4v) is 5.00. The summed E-state index contributed by atoms with van der Waals surface area (Å²) >= 11 is 0. The lowest BCUT2D eigenvalue weighted by molar-refractivity contribution is -0.137. The third kappa shape index (κ3) is 10.5. The van der Waals surface area contributed by atoms with Gasteiger partial charge in [0, 0.05) is 36.5 Å². The van der Waals surface area contributed by atoms with Gasteiger partial charge >= 0.3 is 5.97 Å². The van der Waals surface area contributed by atoms with E-state index in [0.717, 1.165) is 48.3 Å². The van der Waals surface area contributed by atoms with Crippen molar-refractivity contribution in [1.29, 1.82) is 0 Å². The van der Waals surface area contributed by atoms with E-state index < -0.39 is 5.97 Å². The molecule has 0 saturated heterocycles. The van der Waals surface area contributed by atoms with Gasteiger partial charge in [-0.15, -0.1) is 0 Å². The van der Waals surface area contributed by atoms with Gasteiger partial charge in [0.2, 0.25) is 0 Å². The second-order valence-corrected chi connectivity index (χ2v) is 10.3. The number of nitrogens with zero attached hydrogens (tertiary/aromatic N) is 1. The van der Waals surface area contributed by atoms with Gasteiger partial charge in [-0.2, -0.15) is 0 Å². The maximum Gasteiger partial charge on any atom is 0.303 e. The quantitative estimate of drug-likeness (QED) is 0.185. The molecule has 0 unspecified atom stereocenters. The number of allylic oxidation sites excluding steroid dienone is 1. The molecule has 3 rings (SSSR count). The summed E-state index contributed by atoms with van der Waals surface area (Å²) in [7, 11) is 0. The molecule has 0 spiro atoms. The van der Waals surface area contributed by atoms with Gasteiger partial charge < -0.3 is 15.7 Å². The Morgan fingerprint density at radius 2 is 1.69 bits per heavy atom. The predicted molar refractivity (Wildman–Crippen MR) is 154 cm³/mol. The molecule has 1 heterocycles. The van der Waals surface area contributed by atoms with Gasteiger partial charge in [-0.3, -0.25) is 19.4 Å². The number of hydrogen-bond donors (Lipinski definition) is 3. The van der Waals surface area contributed by atoms with Crippen LogP contribution in [0.5, 0.6) is 0 Å². The van der Waals surface area contributed by atoms with Gasteiger partial charge in [0.05, 0.1) is 5.70 Å². The number of unbranched alkanes of at least 4 members (excludes halogenated alkanes) is 3. The molecule has 0 radical (unpaired) electrons. The zero-order chi connectivity index (χ0) is 27.9. The van der Waals surface area contributed by atoms with Gasteiger partial charge in [0.25, 0.3) is 11.8 Å². The Balaban J connectivity index is 1.49. The molecular formula is C32H41N3O4. The lowest BCUT2D eigenvalue weighted by atomic mass is 9.86. The summed E-state index contributed by atoms with van der Waals surface area (Å²) in [6, 6.07) is 11.0. The molecule has 1 saturated carbocycles. The van der Waals surface area contributed by atoms with Crippen LogP contribution in [0.1, 0.15) is 98.5 Å². The first-order valence-electron chi connectivity index (χ1n) is 14.2. The Morgan fingerprint density at radius 1 is 0.949 bits per heavy atom. The van der Waals surface area contributed by atoms with Crippen molar-refractivity contribution in [3.63, 3.8) is 0 Å². The van der Waals surface area contributed by atoms with E-state index in [4.69, 9.17) is 5.11 Å². The van der Waals surface area contributed by atoms with Gasteiger partial charge in [-0.1, -0.05) is 75.8 Å². The lowest BCUT2D eigenvalue weighted by Gasteiger charge is -2.21. The average molecular weight is 532 g/mol. The number of aliphatic carboxylic acids is 1. The van der Waals surface area contributed by atoms with Crippen LogP contribution >= 0.6 is 0 Å². The second-order valence-electron chi connectivity index (χ2n) is 10.3. The van der Waals surface area contributed by atoms with Crippen LogP contribution in [0.15, 0.2) is 67.1 Å². The number of aromatic nitrogens is 1. The third-order valence-corrected chi connectivity index (χ3v) is 7.21. The molecule has 1 aliphatic carbocycles. The van der Waals surface area contributed by atoms with Crippen LogP contribution in [0.2, 0.25) is 0 Å². The largest absolute Gasteiger partial charge is 0.481 e. The molecule has 1 aromatic heterocycles. The SMILES string of the molecule is C=C(NC(=O)c1ccc(C(=CCCCCC(=O)O)c2cccnc2)cc1)C(=O)NCCCCC1CCCCC1. The van der Waals surface area contributed by atoms with E-state index >= 15 is 0 Å². The molecule has 2 aromatic rings. The van der Waals surface area contributed by atoms with E-state index in [0.29, 0.717) is 18.5 Å². The summed E-state index contributed by atoms with van der Waals surface area (Å²) < 4.78 is 0. The molecule has 0 bridgehead atoms. The number of carbonyl (C=O) groups excluding carboxylic acids is 2. The maximum absolute atomic E-state index is 12.7. The van der Waals surface area contributed by atoms with Crippen molar-refractivity contribution in [2.75, 3.05) is 6.54 Å². The predicted octanol–water partition coefficient (Wildman–Crippen LogP) is 6.27. The third-order valence-electron chi connectivity index (χ3n) is 7.21. The minimum atomic E-state index is -0.787. The first-order chi connectivity index (χ1) is 18.9. The minimum absolute atomic E-state index is 0.0358. The van der Waals surface area contributed by atoms with Crippen LogP contribution < -0.4 is 10.6 Å². The van der Waals surface area contributed by atoms with Crippen molar-refractivity contribution >= 4 is 23.4 Å². The molecule has 39 heavy (non-hydrogen) atoms. The molecule has 208 valence electrons. The van der Waals surface area contributed by atoms with Crippen molar-refractivity contribution in [1.82, 2.24) is 15.6 Å². The van der Waals surface area contributed by atoms with E-state index in [-0.39, 0.29) is 23.9 Å². The average Bonchev–Trinajstić information content (AvgIpc) is 2.95. The number of rotatable bonds is 15. The molecule has 0 aliphatic heterocycles. The highest BCUT2D eigenvalue weighted by Gasteiger charge is 2.15. The number of nitrogens with one attached hydrogen (secondary N) is 2. The van der Waals surface area contributed by atoms with Crippen LogP contribution in [0.4, 0.5) is 0 Å². The number of carbonyl (C=O) groups is 3. The van der Waals surface area contributed by atoms with Crippen LogP contribution in [0.3, 0.4) is 0 Å². The highest BCUT2D eigenvalue weighted by atomic mass is 16.4. The number of carboxylic acids is 1. The first kappa shape index (κ1) is 29.8. The van der Waals surface area contributed by atoms with Crippen molar-refractivity contribution < 1.29 is 19.5 Å². The highest BCUT2D eigenvalue weighted by Crippen LogP contribution is 2.27. The lowest BCUT2D eigenvalue weighted by Crippen LogP contribution is -2.34. The number of carboxylic acid groups (broad SMARTS) is 1. The Labute approximate surface area is 231 Å². The monoisotopic (exact) mass is 531 g/mol. The molecule has 0 atom stereocenters. The van der Waals surface area contributed by atoms with E-state index in [1.54, 1.807) is 24.5 Å². The zero-order valence-corrected chi connectivity index (χ0v) is 22.8. The van der Waals surface area contributed by atoms with E-state index in [9.17, 15) is 14.4 Å². The summed E-state index contributed by atoms with van der Waals surface area (Å²) in [6.07, 6.45) is 17.8. The Bertz CT molecular complexity index is 1120. The van der Waals surface area contributed by atoms with Crippen LogP contribution in [0, 0.1) is 5.92 Å². The van der Waals surface area contributed by atoms with E-state index in [1.165, 1.54) is 38.5 Å². The van der Waals surface area contributed by atoms with Gasteiger partial charge in [-0.05, 0) is 60.9 Å². The Kier molecular flexibility index (Phi) is 12.4. The summed E-state index contributed by atoms with van der Waals surface area (Å²) in [6.45, 7) is 4.32. The number of benzene rings is 1. The van der Waals surface area contributed by atoms with E-state index in [2.05, 4.69) is 28.3 Å². The van der Waals surface area contributed by atoms with Crippen LogP contribution in [0.25, 0.3) is 5.57 Å². The molecule has 1 aromatic carbocycles. The Morgan fingerprint density at radius 3 is 2.38 bits per heavy atom. The summed E-state index contributed by atoms with van der Waals surface area (Å²) in [5.74, 6) is -0.692. The molecular weight excluding hydrogens is 490 g/mol. The van der Waals surface area contributed by atoms with Crippen LogP contribution in [-0.4, -0.2) is 34.4 Å². The standard InChI is InChI=1S/C32H41N3O4/c1-24(31(38)34-22-9-8-13-25-11-4-2-5-12-25)35-32(39)27-19-17-26(18-20-27)29(28-14-10-21-33-23-28)15-6-3-7-16-30(36)37/h10,14-15,17-21,23,25H,1-9,11-13,16,22H2,(H,34,38)(H,35,39)(H,36,37). The molecule has 1 aliphatic rings. The van der Waals surface area contributed by atoms with Crippen molar-refractivity contribution in [2.45, 2.75) is 77.0 Å². The van der Waals surface area contributed by atoms with Crippen molar-refractivity contribution in [2.24, 2.45) is 5.92 Å². The molecule has 2 amide bonds. The Hall–Kier alpha value is -3.74. The van der Waals surface area contributed by atoms with Crippen molar-refractivity contribution in [3.05, 3.63) is 83.8 Å². The van der Waals surface area contributed by atoms with E-state index in [1.807, 2.05) is 24.3 Å². The molecule has 3 N–H and O–H groups in total. The molecule has 7 heteroatoms. The fraction of sp³-hybridized carbons (Fsp3) is 0.438. The topological polar surface area (TPSA) is 108 Å². The number of pyridine rings is 1. The zero-order valence-electron chi connectivity index (χ0n) is 22.8. The minimum Gasteiger partial charge on any atom is -0.481 e. The fourth-order valence-electron chi connectivity index (χ4n) is 5.00. The molecule has 7 nitrogen and oxygen atoms in total. The number of amides is 2. The van der Waals surface area contributed by atoms with Crippen LogP contribution in [-0.2, 0) is 9.59 Å². The normalized spacial score (nSPS) is 14.0. The van der Waals surface area contributed by atoms with Gasteiger partial charge in [0.1, 0.15) is 0 Å². The number of hydrogen-bond acceptors (Lipinski definition) is 4.